The number of urea groups is 1. The van der Waals surface area contributed by atoms with Gasteiger partial charge in [0.1, 0.15) is 0 Å². The highest BCUT2D eigenvalue weighted by molar-refractivity contribution is 5.74. The molecule has 0 bridgehead atoms. The van der Waals surface area contributed by atoms with Gasteiger partial charge in [-0.05, 0) is 24.7 Å². The van der Waals surface area contributed by atoms with Crippen LogP contribution in [0.4, 0.5) is 4.79 Å². The average Bonchev–Trinajstić information content (AvgIpc) is 3.26. The van der Waals surface area contributed by atoms with Crippen LogP contribution in [0.25, 0.3) is 0 Å². The Morgan fingerprint density at radius 2 is 1.62 bits per heavy atom. The number of hydrogen-bond donors (Lipinski definition) is 0. The maximum absolute atomic E-state index is 12.5. The molecule has 136 valence electrons. The number of rotatable bonds is 2. The normalized spacial score (nSPS) is 31.1. The Morgan fingerprint density at radius 3 is 2.33 bits per heavy atom. The number of carbonyl (C=O) groups excluding carboxylic acids is 1. The molecule has 2 amide bonds. The van der Waals surface area contributed by atoms with Crippen LogP contribution in [-0.4, -0.2) is 92.5 Å². The molecule has 1 saturated carbocycles. The molecule has 1 spiro atoms. The van der Waals surface area contributed by atoms with Gasteiger partial charge in [0.2, 0.25) is 0 Å². The van der Waals surface area contributed by atoms with Crippen molar-refractivity contribution in [1.82, 2.24) is 14.7 Å². The average molecular weight is 337 g/mol. The zero-order valence-electron chi connectivity index (χ0n) is 14.8. The van der Waals surface area contributed by atoms with Gasteiger partial charge in [-0.1, -0.05) is 12.8 Å². The monoisotopic (exact) mass is 337 g/mol. The predicted octanol–water partition coefficient (Wildman–Crippen LogP) is 1.41. The molecule has 0 aromatic heterocycles. The molecule has 1 unspecified atom stereocenters. The summed E-state index contributed by atoms with van der Waals surface area (Å²) in [6.07, 6.45) is 7.16. The van der Waals surface area contributed by atoms with Crippen molar-refractivity contribution in [3.63, 3.8) is 0 Å². The van der Waals surface area contributed by atoms with Gasteiger partial charge < -0.3 is 19.3 Å². The van der Waals surface area contributed by atoms with Gasteiger partial charge in [-0.25, -0.2) is 4.79 Å². The summed E-state index contributed by atoms with van der Waals surface area (Å²) in [5.74, 6) is 0. The first kappa shape index (κ1) is 16.6. The zero-order chi connectivity index (χ0) is 16.4. The molecule has 4 fully saturated rings. The fourth-order valence-corrected chi connectivity index (χ4v) is 4.85. The van der Waals surface area contributed by atoms with Gasteiger partial charge in [0.15, 0.2) is 0 Å². The second-order valence-corrected chi connectivity index (χ2v) is 8.01. The molecule has 24 heavy (non-hydrogen) atoms. The van der Waals surface area contributed by atoms with Crippen molar-refractivity contribution in [3.05, 3.63) is 0 Å². The van der Waals surface area contributed by atoms with E-state index in [2.05, 4.69) is 4.90 Å². The lowest BCUT2D eigenvalue weighted by Crippen LogP contribution is -2.55. The molecule has 0 radical (unpaired) electrons. The van der Waals surface area contributed by atoms with Crippen molar-refractivity contribution < 1.29 is 14.3 Å². The van der Waals surface area contributed by atoms with Crippen LogP contribution in [0.1, 0.15) is 32.1 Å². The smallest absolute Gasteiger partial charge is 0.320 e. The van der Waals surface area contributed by atoms with E-state index in [1.165, 1.54) is 32.1 Å². The number of carbonyl (C=O) groups is 1. The number of piperazine rings is 1. The summed E-state index contributed by atoms with van der Waals surface area (Å²) in [7, 11) is 0. The van der Waals surface area contributed by atoms with Crippen molar-refractivity contribution in [2.45, 2.75) is 38.2 Å². The SMILES string of the molecule is O=C(N1CCOCC1)N1CCN(CC2CC3(CCCC3)CO2)CC1. The number of hydrogen-bond acceptors (Lipinski definition) is 4. The van der Waals surface area contributed by atoms with Crippen LogP contribution in [0, 0.1) is 5.41 Å². The summed E-state index contributed by atoms with van der Waals surface area (Å²) >= 11 is 0. The van der Waals surface area contributed by atoms with Crippen LogP contribution >= 0.6 is 0 Å². The molecule has 1 atom stereocenters. The number of amides is 2. The van der Waals surface area contributed by atoms with E-state index in [4.69, 9.17) is 9.47 Å². The summed E-state index contributed by atoms with van der Waals surface area (Å²) in [4.78, 5) is 19.0. The van der Waals surface area contributed by atoms with Crippen LogP contribution in [0.2, 0.25) is 0 Å². The summed E-state index contributed by atoms with van der Waals surface area (Å²) in [5, 5.41) is 0. The molecule has 3 heterocycles. The van der Waals surface area contributed by atoms with Crippen molar-refractivity contribution in [1.29, 1.82) is 0 Å². The Balaban J connectivity index is 1.21. The topological polar surface area (TPSA) is 45.2 Å². The molecule has 0 N–H and O–H groups in total. The van der Waals surface area contributed by atoms with E-state index < -0.39 is 0 Å². The summed E-state index contributed by atoms with van der Waals surface area (Å²) in [5.41, 5.74) is 0.513. The van der Waals surface area contributed by atoms with Gasteiger partial charge in [0.25, 0.3) is 0 Å². The van der Waals surface area contributed by atoms with E-state index in [0.717, 1.165) is 52.4 Å². The van der Waals surface area contributed by atoms with E-state index in [9.17, 15) is 4.79 Å². The molecule has 0 aromatic rings. The van der Waals surface area contributed by atoms with E-state index >= 15 is 0 Å². The molecular formula is C18H31N3O3. The molecule has 4 aliphatic rings. The first-order valence-corrected chi connectivity index (χ1v) is 9.70. The highest BCUT2D eigenvalue weighted by Crippen LogP contribution is 2.46. The predicted molar refractivity (Wildman–Crippen MR) is 91.1 cm³/mol. The minimum absolute atomic E-state index is 0.194. The second kappa shape index (κ2) is 7.18. The highest BCUT2D eigenvalue weighted by Gasteiger charge is 2.42. The van der Waals surface area contributed by atoms with Crippen molar-refractivity contribution in [2.75, 3.05) is 65.6 Å². The van der Waals surface area contributed by atoms with Gasteiger partial charge in [-0.15, -0.1) is 0 Å². The number of ether oxygens (including phenoxy) is 2. The molecule has 0 aromatic carbocycles. The third kappa shape index (κ3) is 3.55. The van der Waals surface area contributed by atoms with E-state index in [1.807, 2.05) is 9.80 Å². The standard InChI is InChI=1S/C18H31N3O3/c22-17(21-9-11-23-12-10-21)20-7-5-19(6-8-20)14-16-13-18(15-24-16)3-1-2-4-18/h16H,1-15H2. The number of morpholine rings is 1. The molecule has 3 saturated heterocycles. The van der Waals surface area contributed by atoms with Gasteiger partial charge in [0.05, 0.1) is 25.9 Å². The quantitative estimate of drug-likeness (QED) is 0.764. The third-order valence-electron chi connectivity index (χ3n) is 6.34. The van der Waals surface area contributed by atoms with Crippen molar-refractivity contribution in [2.24, 2.45) is 5.41 Å². The fourth-order valence-electron chi connectivity index (χ4n) is 4.85. The fraction of sp³-hybridized carbons (Fsp3) is 0.944. The van der Waals surface area contributed by atoms with Crippen LogP contribution < -0.4 is 0 Å². The van der Waals surface area contributed by atoms with Gasteiger partial charge >= 0.3 is 6.03 Å². The molecule has 1 aliphatic carbocycles. The van der Waals surface area contributed by atoms with Crippen LogP contribution in [-0.2, 0) is 9.47 Å². The van der Waals surface area contributed by atoms with Crippen LogP contribution in [0.15, 0.2) is 0 Å². The van der Waals surface area contributed by atoms with Crippen LogP contribution in [0.5, 0.6) is 0 Å². The Hall–Kier alpha value is -0.850. The van der Waals surface area contributed by atoms with Gasteiger partial charge in [-0.3, -0.25) is 4.90 Å². The first-order valence-electron chi connectivity index (χ1n) is 9.70. The zero-order valence-corrected chi connectivity index (χ0v) is 14.8. The number of nitrogens with zero attached hydrogens (tertiary/aromatic N) is 3. The third-order valence-corrected chi connectivity index (χ3v) is 6.34. The molecule has 6 nitrogen and oxygen atoms in total. The summed E-state index contributed by atoms with van der Waals surface area (Å²) < 4.78 is 11.5. The lowest BCUT2D eigenvalue weighted by Gasteiger charge is -2.39. The van der Waals surface area contributed by atoms with E-state index in [1.54, 1.807) is 0 Å². The van der Waals surface area contributed by atoms with E-state index in [-0.39, 0.29) is 6.03 Å². The van der Waals surface area contributed by atoms with Crippen LogP contribution in [0.3, 0.4) is 0 Å². The Bertz CT molecular complexity index is 439. The second-order valence-electron chi connectivity index (χ2n) is 8.01. The Morgan fingerprint density at radius 1 is 0.958 bits per heavy atom. The Labute approximate surface area is 145 Å². The minimum atomic E-state index is 0.194. The maximum Gasteiger partial charge on any atom is 0.320 e. The molecule has 6 heteroatoms. The van der Waals surface area contributed by atoms with Gasteiger partial charge in [0, 0.05) is 45.8 Å². The minimum Gasteiger partial charge on any atom is -0.378 e. The lowest BCUT2D eigenvalue weighted by molar-refractivity contribution is 0.0294. The Kier molecular flexibility index (Phi) is 4.97. The molecule has 4 rings (SSSR count). The maximum atomic E-state index is 12.5. The van der Waals surface area contributed by atoms with Crippen molar-refractivity contribution >= 4 is 6.03 Å². The first-order chi connectivity index (χ1) is 11.7. The largest absolute Gasteiger partial charge is 0.378 e. The lowest BCUT2D eigenvalue weighted by atomic mass is 9.84. The summed E-state index contributed by atoms with van der Waals surface area (Å²) in [6, 6.07) is 0.194. The highest BCUT2D eigenvalue weighted by atomic mass is 16.5. The molecule has 3 aliphatic heterocycles. The van der Waals surface area contributed by atoms with E-state index in [0.29, 0.717) is 24.7 Å². The van der Waals surface area contributed by atoms with Crippen molar-refractivity contribution in [3.8, 4) is 0 Å². The summed E-state index contributed by atoms with van der Waals surface area (Å²) in [6.45, 7) is 8.47. The van der Waals surface area contributed by atoms with Gasteiger partial charge in [-0.2, -0.15) is 0 Å². The molecular weight excluding hydrogens is 306 g/mol.